The number of methoxy groups -OCH3 is 1. The van der Waals surface area contributed by atoms with Gasteiger partial charge in [-0.1, -0.05) is 17.7 Å². The summed E-state index contributed by atoms with van der Waals surface area (Å²) in [5, 5.41) is 0.383. The Morgan fingerprint density at radius 3 is 2.65 bits per heavy atom. The molecular formula is C18H19ClN2O4S. The maximum absolute atomic E-state index is 12.7. The topological polar surface area (TPSA) is 75.7 Å². The lowest BCUT2D eigenvalue weighted by Crippen LogP contribution is -2.24. The van der Waals surface area contributed by atoms with E-state index in [1.165, 1.54) is 13.2 Å². The van der Waals surface area contributed by atoms with E-state index >= 15 is 0 Å². The molecule has 2 aromatic rings. The smallest absolute Gasteiger partial charge is 0.262 e. The lowest BCUT2D eigenvalue weighted by atomic mass is 10.2. The van der Waals surface area contributed by atoms with Gasteiger partial charge in [0.25, 0.3) is 10.0 Å². The van der Waals surface area contributed by atoms with E-state index in [1.54, 1.807) is 42.2 Å². The average Bonchev–Trinajstić information content (AvgIpc) is 3.02. The highest BCUT2D eigenvalue weighted by molar-refractivity contribution is 7.92. The Kier molecular flexibility index (Phi) is 5.11. The number of carbonyl (C=O) groups excluding carboxylic acids is 1. The van der Waals surface area contributed by atoms with E-state index in [9.17, 15) is 13.2 Å². The first kappa shape index (κ1) is 18.5. The molecular weight excluding hydrogens is 376 g/mol. The van der Waals surface area contributed by atoms with E-state index in [1.807, 2.05) is 0 Å². The van der Waals surface area contributed by atoms with Crippen molar-refractivity contribution in [3.63, 3.8) is 0 Å². The quantitative estimate of drug-likeness (QED) is 0.840. The second-order valence-electron chi connectivity index (χ2n) is 6.00. The maximum Gasteiger partial charge on any atom is 0.262 e. The Morgan fingerprint density at radius 1 is 1.23 bits per heavy atom. The number of hydrogen-bond donors (Lipinski definition) is 1. The first-order chi connectivity index (χ1) is 12.3. The summed E-state index contributed by atoms with van der Waals surface area (Å²) in [5.41, 5.74) is 1.46. The van der Waals surface area contributed by atoms with Crippen molar-refractivity contribution in [3.8, 4) is 5.75 Å². The van der Waals surface area contributed by atoms with Crippen LogP contribution in [0.5, 0.6) is 5.75 Å². The molecule has 1 aliphatic heterocycles. The normalized spacial score (nSPS) is 14.6. The third kappa shape index (κ3) is 3.50. The monoisotopic (exact) mass is 394 g/mol. The minimum absolute atomic E-state index is 0.0335. The predicted octanol–water partition coefficient (Wildman–Crippen LogP) is 3.58. The Balaban J connectivity index is 1.93. The SMILES string of the molecule is COc1cc(NS(=O)(=O)c2cccc(Cl)c2C)ccc1N1CCCC1=O. The van der Waals surface area contributed by atoms with E-state index in [0.717, 1.165) is 6.42 Å². The highest BCUT2D eigenvalue weighted by Crippen LogP contribution is 2.34. The van der Waals surface area contributed by atoms with Crippen LogP contribution in [0.15, 0.2) is 41.3 Å². The second-order valence-corrected chi connectivity index (χ2v) is 8.06. The number of halogens is 1. The van der Waals surface area contributed by atoms with E-state index in [-0.39, 0.29) is 10.8 Å². The molecule has 1 aliphatic rings. The lowest BCUT2D eigenvalue weighted by Gasteiger charge is -2.20. The summed E-state index contributed by atoms with van der Waals surface area (Å²) in [6.07, 6.45) is 1.30. The van der Waals surface area contributed by atoms with Crippen LogP contribution in [0.4, 0.5) is 11.4 Å². The number of sulfonamides is 1. The number of hydrogen-bond acceptors (Lipinski definition) is 4. The summed E-state index contributed by atoms with van der Waals surface area (Å²) in [6, 6.07) is 9.59. The van der Waals surface area contributed by atoms with E-state index in [2.05, 4.69) is 4.72 Å². The zero-order chi connectivity index (χ0) is 18.9. The fraction of sp³-hybridized carbons (Fsp3) is 0.278. The highest BCUT2D eigenvalue weighted by Gasteiger charge is 2.25. The molecule has 0 radical (unpaired) electrons. The number of ether oxygens (including phenoxy) is 1. The van der Waals surface area contributed by atoms with Crippen LogP contribution in [0.3, 0.4) is 0 Å². The molecule has 8 heteroatoms. The van der Waals surface area contributed by atoms with Crippen molar-refractivity contribution in [2.45, 2.75) is 24.7 Å². The third-order valence-electron chi connectivity index (χ3n) is 4.30. The van der Waals surface area contributed by atoms with Gasteiger partial charge in [0.1, 0.15) is 5.75 Å². The molecule has 2 aromatic carbocycles. The minimum atomic E-state index is -3.80. The van der Waals surface area contributed by atoms with E-state index in [0.29, 0.717) is 40.7 Å². The van der Waals surface area contributed by atoms with Gasteiger partial charge in [-0.05, 0) is 43.2 Å². The Labute approximate surface area is 157 Å². The molecule has 0 bridgehead atoms. The molecule has 0 aliphatic carbocycles. The van der Waals surface area contributed by atoms with Crippen molar-refractivity contribution in [1.82, 2.24) is 0 Å². The van der Waals surface area contributed by atoms with Gasteiger partial charge in [-0.3, -0.25) is 9.52 Å². The molecule has 1 heterocycles. The molecule has 1 N–H and O–H groups in total. The van der Waals surface area contributed by atoms with Gasteiger partial charge in [0, 0.05) is 24.1 Å². The molecule has 6 nitrogen and oxygen atoms in total. The molecule has 0 unspecified atom stereocenters. The van der Waals surface area contributed by atoms with Crippen LogP contribution < -0.4 is 14.4 Å². The maximum atomic E-state index is 12.7. The molecule has 26 heavy (non-hydrogen) atoms. The van der Waals surface area contributed by atoms with Crippen molar-refractivity contribution >= 4 is 38.9 Å². The predicted molar refractivity (Wildman–Crippen MR) is 102 cm³/mol. The Morgan fingerprint density at radius 2 is 2.00 bits per heavy atom. The number of benzene rings is 2. The highest BCUT2D eigenvalue weighted by atomic mass is 35.5. The fourth-order valence-corrected chi connectivity index (χ4v) is 4.50. The number of amides is 1. The van der Waals surface area contributed by atoms with Crippen LogP contribution in [0.25, 0.3) is 0 Å². The third-order valence-corrected chi connectivity index (χ3v) is 6.24. The standard InChI is InChI=1S/C18H19ClN2O4S/c1-12-14(19)5-3-6-17(12)26(23,24)20-13-8-9-15(16(11-13)25-2)21-10-4-7-18(21)22/h3,5-6,8-9,11,20H,4,7,10H2,1-2H3. The second kappa shape index (κ2) is 7.17. The van der Waals surface area contributed by atoms with E-state index < -0.39 is 10.0 Å². The molecule has 0 aromatic heterocycles. The van der Waals surface area contributed by atoms with Crippen molar-refractivity contribution in [2.75, 3.05) is 23.3 Å². The first-order valence-corrected chi connectivity index (χ1v) is 9.96. The summed E-state index contributed by atoms with van der Waals surface area (Å²) < 4.78 is 33.3. The number of rotatable bonds is 5. The zero-order valence-electron chi connectivity index (χ0n) is 14.5. The van der Waals surface area contributed by atoms with Crippen LogP contribution in [0.1, 0.15) is 18.4 Å². The summed E-state index contributed by atoms with van der Waals surface area (Å²) in [6.45, 7) is 2.28. The molecule has 1 fully saturated rings. The largest absolute Gasteiger partial charge is 0.494 e. The molecule has 1 amide bonds. The van der Waals surface area contributed by atoms with Gasteiger partial charge in [0.2, 0.25) is 5.91 Å². The average molecular weight is 395 g/mol. The summed E-state index contributed by atoms with van der Waals surface area (Å²) in [4.78, 5) is 13.7. The summed E-state index contributed by atoms with van der Waals surface area (Å²) in [5.74, 6) is 0.467. The molecule has 3 rings (SSSR count). The van der Waals surface area contributed by atoms with Gasteiger partial charge < -0.3 is 9.64 Å². The Hall–Kier alpha value is -2.25. The Bertz CT molecular complexity index is 960. The number of nitrogens with zero attached hydrogens (tertiary/aromatic N) is 1. The van der Waals surface area contributed by atoms with Crippen molar-refractivity contribution in [2.24, 2.45) is 0 Å². The van der Waals surface area contributed by atoms with Crippen molar-refractivity contribution in [3.05, 3.63) is 47.0 Å². The van der Waals surface area contributed by atoms with Gasteiger partial charge in [-0.2, -0.15) is 0 Å². The lowest BCUT2D eigenvalue weighted by molar-refractivity contribution is -0.117. The van der Waals surface area contributed by atoms with Crippen LogP contribution in [0, 0.1) is 6.92 Å². The number of carbonyl (C=O) groups is 1. The first-order valence-electron chi connectivity index (χ1n) is 8.10. The van der Waals surface area contributed by atoms with Gasteiger partial charge in [-0.15, -0.1) is 0 Å². The summed E-state index contributed by atoms with van der Waals surface area (Å²) >= 11 is 6.03. The number of anilines is 2. The van der Waals surface area contributed by atoms with Gasteiger partial charge in [0.05, 0.1) is 23.4 Å². The van der Waals surface area contributed by atoms with Gasteiger partial charge >= 0.3 is 0 Å². The molecule has 1 saturated heterocycles. The number of nitrogens with one attached hydrogen (secondary N) is 1. The van der Waals surface area contributed by atoms with E-state index in [4.69, 9.17) is 16.3 Å². The fourth-order valence-electron chi connectivity index (χ4n) is 2.96. The zero-order valence-corrected chi connectivity index (χ0v) is 16.0. The molecule has 0 saturated carbocycles. The van der Waals surface area contributed by atoms with Crippen LogP contribution in [-0.4, -0.2) is 28.0 Å². The molecule has 138 valence electrons. The van der Waals surface area contributed by atoms with Gasteiger partial charge in [-0.25, -0.2) is 8.42 Å². The van der Waals surface area contributed by atoms with Crippen molar-refractivity contribution in [1.29, 1.82) is 0 Å². The van der Waals surface area contributed by atoms with Crippen molar-refractivity contribution < 1.29 is 17.9 Å². The van der Waals surface area contributed by atoms with Gasteiger partial charge in [0.15, 0.2) is 0 Å². The van der Waals surface area contributed by atoms with Crippen LogP contribution in [0.2, 0.25) is 5.02 Å². The van der Waals surface area contributed by atoms with Crippen LogP contribution >= 0.6 is 11.6 Å². The molecule has 0 spiro atoms. The summed E-state index contributed by atoms with van der Waals surface area (Å²) in [7, 11) is -2.32. The molecule has 0 atom stereocenters. The van der Waals surface area contributed by atoms with Crippen LogP contribution in [-0.2, 0) is 14.8 Å². The minimum Gasteiger partial charge on any atom is -0.494 e.